The van der Waals surface area contributed by atoms with Crippen LogP contribution in [0.3, 0.4) is 0 Å². The molecule has 0 bridgehead atoms. The molecule has 4 heteroatoms. The number of nitrogen functional groups attached to an aromatic ring is 1. The van der Waals surface area contributed by atoms with Gasteiger partial charge in [-0.3, -0.25) is 4.79 Å². The first-order valence-electron chi connectivity index (χ1n) is 5.58. The van der Waals surface area contributed by atoms with Gasteiger partial charge in [0.15, 0.2) is 17.4 Å². The van der Waals surface area contributed by atoms with E-state index in [1.807, 2.05) is 6.08 Å². The number of rotatable bonds is 2. The van der Waals surface area contributed by atoms with Crippen molar-refractivity contribution in [3.05, 3.63) is 41.0 Å². The molecule has 0 unspecified atom stereocenters. The average Bonchev–Trinajstić information content (AvgIpc) is 2.34. The van der Waals surface area contributed by atoms with Gasteiger partial charge in [-0.25, -0.2) is 8.78 Å². The predicted octanol–water partition coefficient (Wildman–Crippen LogP) is 3.23. The zero-order valence-electron chi connectivity index (χ0n) is 9.30. The minimum Gasteiger partial charge on any atom is -0.398 e. The summed E-state index contributed by atoms with van der Waals surface area (Å²) in [6.45, 7) is 0. The third-order valence-corrected chi connectivity index (χ3v) is 2.92. The molecule has 0 saturated carbocycles. The van der Waals surface area contributed by atoms with Crippen LogP contribution in [-0.4, -0.2) is 5.78 Å². The van der Waals surface area contributed by atoms with E-state index in [0.29, 0.717) is 12.0 Å². The summed E-state index contributed by atoms with van der Waals surface area (Å²) in [6.07, 6.45) is 5.39. The van der Waals surface area contributed by atoms with Crippen LogP contribution in [0, 0.1) is 11.6 Å². The Kier molecular flexibility index (Phi) is 3.22. The van der Waals surface area contributed by atoms with Crippen molar-refractivity contribution in [3.63, 3.8) is 0 Å². The predicted molar refractivity (Wildman–Crippen MR) is 61.7 cm³/mol. The highest BCUT2D eigenvalue weighted by molar-refractivity contribution is 6.11. The van der Waals surface area contributed by atoms with Crippen LogP contribution in [0.25, 0.3) is 0 Å². The molecular weight excluding hydrogens is 224 g/mol. The fraction of sp³-hybridized carbons (Fsp3) is 0.308. The maximum Gasteiger partial charge on any atom is 0.190 e. The van der Waals surface area contributed by atoms with E-state index in [1.54, 1.807) is 0 Å². The highest BCUT2D eigenvalue weighted by Crippen LogP contribution is 2.25. The Morgan fingerprint density at radius 1 is 1.18 bits per heavy atom. The summed E-state index contributed by atoms with van der Waals surface area (Å²) in [7, 11) is 0. The third kappa shape index (κ3) is 2.35. The molecule has 1 aliphatic rings. The van der Waals surface area contributed by atoms with Crippen molar-refractivity contribution < 1.29 is 13.6 Å². The van der Waals surface area contributed by atoms with E-state index in [9.17, 15) is 13.6 Å². The zero-order chi connectivity index (χ0) is 12.4. The molecule has 90 valence electrons. The first-order valence-corrected chi connectivity index (χ1v) is 5.58. The number of anilines is 1. The second-order valence-electron chi connectivity index (χ2n) is 4.16. The Balaban J connectivity index is 2.37. The van der Waals surface area contributed by atoms with Crippen molar-refractivity contribution in [1.82, 2.24) is 0 Å². The number of hydrogen-bond acceptors (Lipinski definition) is 2. The summed E-state index contributed by atoms with van der Waals surface area (Å²) in [6, 6.07) is 1.73. The van der Waals surface area contributed by atoms with Crippen LogP contribution in [-0.2, 0) is 0 Å². The topological polar surface area (TPSA) is 43.1 Å². The number of nitrogens with two attached hydrogens (primary N) is 1. The molecule has 2 nitrogen and oxygen atoms in total. The standard InChI is InChI=1S/C13H13F2NO/c14-10-6-9(12(16)7-11(10)15)13(17)8-4-2-1-3-5-8/h4,6-7H,1-3,5,16H2. The lowest BCUT2D eigenvalue weighted by atomic mass is 9.92. The van der Waals surface area contributed by atoms with Gasteiger partial charge in [0.1, 0.15) is 0 Å². The van der Waals surface area contributed by atoms with Crippen LogP contribution in [0.4, 0.5) is 14.5 Å². The molecule has 1 aromatic carbocycles. The maximum absolute atomic E-state index is 13.1. The normalized spacial score (nSPS) is 15.5. The molecule has 2 N–H and O–H groups in total. The second-order valence-corrected chi connectivity index (χ2v) is 4.16. The van der Waals surface area contributed by atoms with E-state index in [1.165, 1.54) is 0 Å². The lowest BCUT2D eigenvalue weighted by Gasteiger charge is -2.13. The molecule has 2 rings (SSSR count). The fourth-order valence-corrected chi connectivity index (χ4v) is 1.98. The van der Waals surface area contributed by atoms with Gasteiger partial charge in [0.05, 0.1) is 0 Å². The van der Waals surface area contributed by atoms with E-state index in [0.717, 1.165) is 31.4 Å². The quantitative estimate of drug-likeness (QED) is 0.634. The van der Waals surface area contributed by atoms with E-state index < -0.39 is 11.6 Å². The smallest absolute Gasteiger partial charge is 0.190 e. The zero-order valence-corrected chi connectivity index (χ0v) is 9.30. The summed E-state index contributed by atoms with van der Waals surface area (Å²) in [4.78, 5) is 12.0. The van der Waals surface area contributed by atoms with Crippen molar-refractivity contribution in [2.75, 3.05) is 5.73 Å². The van der Waals surface area contributed by atoms with Crippen LogP contribution in [0.2, 0.25) is 0 Å². The van der Waals surface area contributed by atoms with Crippen LogP contribution < -0.4 is 5.73 Å². The molecule has 0 fully saturated rings. The molecule has 0 aliphatic heterocycles. The number of carbonyl (C=O) groups excluding carboxylic acids is 1. The number of carbonyl (C=O) groups is 1. The van der Waals surface area contributed by atoms with Gasteiger partial charge in [0.25, 0.3) is 0 Å². The fourth-order valence-electron chi connectivity index (χ4n) is 1.98. The first-order chi connectivity index (χ1) is 8.09. The Hall–Kier alpha value is -1.71. The molecule has 0 heterocycles. The minimum absolute atomic E-state index is 0.0135. The Bertz CT molecular complexity index is 494. The van der Waals surface area contributed by atoms with Crippen molar-refractivity contribution >= 4 is 11.5 Å². The summed E-state index contributed by atoms with van der Waals surface area (Å²) >= 11 is 0. The lowest BCUT2D eigenvalue weighted by molar-refractivity contribution is 0.102. The van der Waals surface area contributed by atoms with Crippen molar-refractivity contribution in [2.24, 2.45) is 0 Å². The molecule has 0 saturated heterocycles. The van der Waals surface area contributed by atoms with Crippen LogP contribution in [0.1, 0.15) is 36.0 Å². The largest absolute Gasteiger partial charge is 0.398 e. The minimum atomic E-state index is -1.04. The van der Waals surface area contributed by atoms with Gasteiger partial charge in [-0.1, -0.05) is 6.08 Å². The summed E-state index contributed by atoms with van der Waals surface area (Å²) in [5, 5.41) is 0. The van der Waals surface area contributed by atoms with E-state index in [-0.39, 0.29) is 17.0 Å². The molecule has 1 aliphatic carbocycles. The van der Waals surface area contributed by atoms with Crippen molar-refractivity contribution in [3.8, 4) is 0 Å². The number of allylic oxidation sites excluding steroid dienone is 2. The summed E-state index contributed by atoms with van der Waals surface area (Å²) in [5.74, 6) is -2.36. The van der Waals surface area contributed by atoms with Crippen LogP contribution >= 0.6 is 0 Å². The Labute approximate surface area is 98.1 Å². The summed E-state index contributed by atoms with van der Waals surface area (Å²) < 4.78 is 26.0. The average molecular weight is 237 g/mol. The van der Waals surface area contributed by atoms with E-state index in [2.05, 4.69) is 0 Å². The SMILES string of the molecule is Nc1cc(F)c(F)cc1C(=O)C1=CCCCC1. The van der Waals surface area contributed by atoms with Gasteiger partial charge >= 0.3 is 0 Å². The molecule has 0 atom stereocenters. The van der Waals surface area contributed by atoms with Gasteiger partial charge < -0.3 is 5.73 Å². The van der Waals surface area contributed by atoms with Crippen LogP contribution in [0.15, 0.2) is 23.8 Å². The van der Waals surface area contributed by atoms with Crippen molar-refractivity contribution in [1.29, 1.82) is 0 Å². The van der Waals surface area contributed by atoms with Gasteiger partial charge in [0, 0.05) is 17.3 Å². The van der Waals surface area contributed by atoms with Crippen molar-refractivity contribution in [2.45, 2.75) is 25.7 Å². The molecular formula is C13H13F2NO. The monoisotopic (exact) mass is 237 g/mol. The highest BCUT2D eigenvalue weighted by Gasteiger charge is 2.19. The molecule has 0 aromatic heterocycles. The van der Waals surface area contributed by atoms with Crippen LogP contribution in [0.5, 0.6) is 0 Å². The third-order valence-electron chi connectivity index (χ3n) is 2.92. The number of Topliss-reactive ketones (excluding diaryl/α,β-unsaturated/α-hetero) is 1. The number of benzene rings is 1. The number of halogens is 2. The maximum atomic E-state index is 13.1. The van der Waals surface area contributed by atoms with E-state index in [4.69, 9.17) is 5.73 Å². The van der Waals surface area contributed by atoms with Gasteiger partial charge in [-0.2, -0.15) is 0 Å². The van der Waals surface area contributed by atoms with Gasteiger partial charge in [0.2, 0.25) is 0 Å². The molecule has 17 heavy (non-hydrogen) atoms. The molecule has 0 spiro atoms. The Morgan fingerprint density at radius 3 is 2.53 bits per heavy atom. The highest BCUT2D eigenvalue weighted by atomic mass is 19.2. The van der Waals surface area contributed by atoms with E-state index >= 15 is 0 Å². The molecule has 0 radical (unpaired) electrons. The second kappa shape index (κ2) is 4.65. The molecule has 0 amide bonds. The Morgan fingerprint density at radius 2 is 1.88 bits per heavy atom. The van der Waals surface area contributed by atoms with Gasteiger partial charge in [-0.05, 0) is 37.3 Å². The first kappa shape index (κ1) is 11.8. The molecule has 1 aromatic rings. The van der Waals surface area contributed by atoms with Gasteiger partial charge in [-0.15, -0.1) is 0 Å². The number of ketones is 1. The number of hydrogen-bond donors (Lipinski definition) is 1. The lowest BCUT2D eigenvalue weighted by Crippen LogP contribution is -2.10. The summed E-state index contributed by atoms with van der Waals surface area (Å²) in [5.41, 5.74) is 6.23.